The van der Waals surface area contributed by atoms with Crippen LogP contribution in [-0.2, 0) is 6.54 Å². The minimum absolute atomic E-state index is 0.116. The van der Waals surface area contributed by atoms with E-state index in [4.69, 9.17) is 5.84 Å². The van der Waals surface area contributed by atoms with E-state index in [1.54, 1.807) is 6.20 Å². The molecule has 1 heterocycles. The third kappa shape index (κ3) is 2.34. The van der Waals surface area contributed by atoms with Crippen molar-refractivity contribution in [2.45, 2.75) is 26.4 Å². The van der Waals surface area contributed by atoms with E-state index in [0.717, 1.165) is 22.4 Å². The van der Waals surface area contributed by atoms with E-state index in [1.807, 2.05) is 12.3 Å². The van der Waals surface area contributed by atoms with Crippen LogP contribution in [0.15, 0.2) is 35.1 Å². The number of imidazole rings is 1. The van der Waals surface area contributed by atoms with Crippen LogP contribution in [0.4, 0.5) is 0 Å². The Labute approximate surface area is 115 Å². The van der Waals surface area contributed by atoms with Crippen LogP contribution < -0.4 is 11.3 Å². The molecule has 5 heteroatoms. The second-order valence-electron chi connectivity index (χ2n) is 4.15. The highest BCUT2D eigenvalue weighted by molar-refractivity contribution is 9.10. The summed E-state index contributed by atoms with van der Waals surface area (Å²) in [6.07, 6.45) is 3.76. The molecule has 0 saturated heterocycles. The lowest BCUT2D eigenvalue weighted by Crippen LogP contribution is -2.31. The molecule has 2 aromatic rings. The molecule has 0 fully saturated rings. The first kappa shape index (κ1) is 13.3. The van der Waals surface area contributed by atoms with Crippen molar-refractivity contribution in [3.63, 3.8) is 0 Å². The van der Waals surface area contributed by atoms with Crippen molar-refractivity contribution in [3.8, 4) is 0 Å². The Kier molecular flexibility index (Phi) is 4.16. The van der Waals surface area contributed by atoms with Gasteiger partial charge in [0.05, 0.1) is 0 Å². The van der Waals surface area contributed by atoms with E-state index >= 15 is 0 Å². The fourth-order valence-electron chi connectivity index (χ4n) is 2.04. The Bertz CT molecular complexity index is 536. The minimum Gasteiger partial charge on any atom is -0.334 e. The summed E-state index contributed by atoms with van der Waals surface area (Å²) < 4.78 is 3.15. The van der Waals surface area contributed by atoms with Crippen molar-refractivity contribution >= 4 is 15.9 Å². The zero-order chi connectivity index (χ0) is 13.1. The van der Waals surface area contributed by atoms with Gasteiger partial charge in [-0.3, -0.25) is 5.84 Å². The lowest BCUT2D eigenvalue weighted by atomic mass is 10.0. The molecular formula is C13H17BrN4. The van der Waals surface area contributed by atoms with Crippen molar-refractivity contribution in [2.75, 3.05) is 0 Å². The van der Waals surface area contributed by atoms with Crippen LogP contribution in [0, 0.1) is 6.92 Å². The van der Waals surface area contributed by atoms with E-state index in [0.29, 0.717) is 0 Å². The first-order valence-electron chi connectivity index (χ1n) is 5.91. The van der Waals surface area contributed by atoms with E-state index in [2.05, 4.69) is 56.9 Å². The predicted octanol–water partition coefficient (Wildman–Crippen LogP) is 2.53. The zero-order valence-corrected chi connectivity index (χ0v) is 12.1. The van der Waals surface area contributed by atoms with Gasteiger partial charge < -0.3 is 4.57 Å². The van der Waals surface area contributed by atoms with Gasteiger partial charge in [0.25, 0.3) is 0 Å². The summed E-state index contributed by atoms with van der Waals surface area (Å²) in [7, 11) is 0. The molecule has 96 valence electrons. The normalized spacial score (nSPS) is 12.7. The summed E-state index contributed by atoms with van der Waals surface area (Å²) >= 11 is 3.62. The third-order valence-corrected chi connectivity index (χ3v) is 4.13. The second kappa shape index (κ2) is 5.65. The molecule has 0 aliphatic rings. The number of aromatic nitrogens is 2. The van der Waals surface area contributed by atoms with Crippen molar-refractivity contribution in [2.24, 2.45) is 5.84 Å². The molecule has 1 aromatic carbocycles. The number of nitrogens with one attached hydrogen (secondary N) is 1. The third-order valence-electron chi connectivity index (χ3n) is 3.05. The largest absolute Gasteiger partial charge is 0.334 e. The Hall–Kier alpha value is -1.17. The Morgan fingerprint density at radius 2 is 2.28 bits per heavy atom. The maximum absolute atomic E-state index is 5.71. The first-order chi connectivity index (χ1) is 8.69. The van der Waals surface area contributed by atoms with Gasteiger partial charge in [0, 0.05) is 23.4 Å². The second-order valence-corrected chi connectivity index (χ2v) is 4.94. The molecule has 3 N–H and O–H groups in total. The summed E-state index contributed by atoms with van der Waals surface area (Å²) in [5.41, 5.74) is 5.13. The average Bonchev–Trinajstić information content (AvgIpc) is 2.83. The van der Waals surface area contributed by atoms with Gasteiger partial charge in [-0.2, -0.15) is 0 Å². The molecule has 0 spiro atoms. The molecule has 0 radical (unpaired) electrons. The molecule has 0 saturated carbocycles. The van der Waals surface area contributed by atoms with Crippen molar-refractivity contribution < 1.29 is 0 Å². The van der Waals surface area contributed by atoms with Crippen molar-refractivity contribution in [3.05, 3.63) is 52.0 Å². The minimum atomic E-state index is -0.116. The molecule has 1 atom stereocenters. The molecule has 0 aliphatic heterocycles. The highest BCUT2D eigenvalue weighted by Gasteiger charge is 2.20. The Morgan fingerprint density at radius 3 is 2.94 bits per heavy atom. The van der Waals surface area contributed by atoms with Gasteiger partial charge in [-0.15, -0.1) is 0 Å². The van der Waals surface area contributed by atoms with Crippen molar-refractivity contribution in [1.29, 1.82) is 0 Å². The number of rotatable bonds is 4. The van der Waals surface area contributed by atoms with Gasteiger partial charge in [-0.1, -0.05) is 34.1 Å². The molecule has 0 amide bonds. The van der Waals surface area contributed by atoms with Gasteiger partial charge in [0.1, 0.15) is 11.9 Å². The van der Waals surface area contributed by atoms with Crippen LogP contribution in [0.25, 0.3) is 0 Å². The van der Waals surface area contributed by atoms with Crippen LogP contribution >= 0.6 is 15.9 Å². The number of hydrogen-bond donors (Lipinski definition) is 2. The number of halogens is 1. The molecule has 2 rings (SSSR count). The number of hydrogen-bond acceptors (Lipinski definition) is 3. The molecular weight excluding hydrogens is 292 g/mol. The summed E-state index contributed by atoms with van der Waals surface area (Å²) in [5.74, 6) is 6.64. The van der Waals surface area contributed by atoms with E-state index in [1.165, 1.54) is 5.56 Å². The summed E-state index contributed by atoms with van der Waals surface area (Å²) in [4.78, 5) is 4.40. The number of aryl methyl sites for hydroxylation is 2. The van der Waals surface area contributed by atoms with Crippen LogP contribution in [0.5, 0.6) is 0 Å². The SMILES string of the molecule is CCn1ccnc1C(NN)c1cccc(C)c1Br. The van der Waals surface area contributed by atoms with Gasteiger partial charge in [-0.05, 0) is 25.0 Å². The van der Waals surface area contributed by atoms with Crippen LogP contribution in [-0.4, -0.2) is 9.55 Å². The first-order valence-corrected chi connectivity index (χ1v) is 6.70. The van der Waals surface area contributed by atoms with Crippen LogP contribution in [0.3, 0.4) is 0 Å². The highest BCUT2D eigenvalue weighted by atomic mass is 79.9. The van der Waals surface area contributed by atoms with Gasteiger partial charge in [-0.25, -0.2) is 10.4 Å². The maximum atomic E-state index is 5.71. The molecule has 0 bridgehead atoms. The van der Waals surface area contributed by atoms with Crippen LogP contribution in [0.2, 0.25) is 0 Å². The van der Waals surface area contributed by atoms with Gasteiger partial charge in [0.2, 0.25) is 0 Å². The number of benzene rings is 1. The monoisotopic (exact) mass is 308 g/mol. The van der Waals surface area contributed by atoms with Gasteiger partial charge in [0.15, 0.2) is 0 Å². The predicted molar refractivity (Wildman–Crippen MR) is 75.9 cm³/mol. The number of hydrazine groups is 1. The quantitative estimate of drug-likeness (QED) is 0.674. The van der Waals surface area contributed by atoms with Crippen LogP contribution in [0.1, 0.15) is 29.9 Å². The summed E-state index contributed by atoms with van der Waals surface area (Å²) in [6.45, 7) is 5.02. The lowest BCUT2D eigenvalue weighted by molar-refractivity contribution is 0.559. The molecule has 1 aromatic heterocycles. The molecule has 18 heavy (non-hydrogen) atoms. The molecule has 4 nitrogen and oxygen atoms in total. The van der Waals surface area contributed by atoms with Gasteiger partial charge >= 0.3 is 0 Å². The summed E-state index contributed by atoms with van der Waals surface area (Å²) in [6, 6.07) is 6.03. The smallest absolute Gasteiger partial charge is 0.131 e. The fraction of sp³-hybridized carbons (Fsp3) is 0.308. The standard InChI is InChI=1S/C13H17BrN4/c1-3-18-8-7-16-13(18)12(17-15)10-6-4-5-9(2)11(10)14/h4-8,12,17H,3,15H2,1-2H3. The Balaban J connectivity index is 2.49. The summed E-state index contributed by atoms with van der Waals surface area (Å²) in [5, 5.41) is 0. The lowest BCUT2D eigenvalue weighted by Gasteiger charge is -2.19. The zero-order valence-electron chi connectivity index (χ0n) is 10.5. The highest BCUT2D eigenvalue weighted by Crippen LogP contribution is 2.29. The molecule has 0 aliphatic carbocycles. The molecule has 1 unspecified atom stereocenters. The average molecular weight is 309 g/mol. The van der Waals surface area contributed by atoms with E-state index in [-0.39, 0.29) is 6.04 Å². The topological polar surface area (TPSA) is 55.9 Å². The van der Waals surface area contributed by atoms with E-state index in [9.17, 15) is 0 Å². The fourth-order valence-corrected chi connectivity index (χ4v) is 2.54. The maximum Gasteiger partial charge on any atom is 0.131 e. The Morgan fingerprint density at radius 1 is 1.50 bits per heavy atom. The van der Waals surface area contributed by atoms with E-state index < -0.39 is 0 Å². The number of nitrogens with two attached hydrogens (primary N) is 1. The van der Waals surface area contributed by atoms with Crippen molar-refractivity contribution in [1.82, 2.24) is 15.0 Å². The number of nitrogens with zero attached hydrogens (tertiary/aromatic N) is 2.